The molecule has 0 spiro atoms. The van der Waals surface area contributed by atoms with E-state index in [1.807, 2.05) is 0 Å². The van der Waals surface area contributed by atoms with E-state index in [0.717, 1.165) is 6.07 Å². The van der Waals surface area contributed by atoms with Gasteiger partial charge in [-0.3, -0.25) is 4.79 Å². The summed E-state index contributed by atoms with van der Waals surface area (Å²) in [5, 5.41) is 11.8. The van der Waals surface area contributed by atoms with Crippen LogP contribution in [0.2, 0.25) is 0 Å². The van der Waals surface area contributed by atoms with Crippen LogP contribution in [0.4, 0.5) is 15.8 Å². The molecule has 1 unspecified atom stereocenters. The molecule has 0 heterocycles. The second kappa shape index (κ2) is 4.61. The predicted molar refractivity (Wildman–Crippen MR) is 54.5 cm³/mol. The number of carbonyl (C=O) groups excluding carboxylic acids is 1. The quantitative estimate of drug-likeness (QED) is 0.514. The maximum atomic E-state index is 12.6. The fourth-order valence-electron chi connectivity index (χ4n) is 1.00. The molecule has 15 heavy (non-hydrogen) atoms. The zero-order chi connectivity index (χ0) is 11.4. The maximum absolute atomic E-state index is 12.6. The molecule has 0 aromatic heterocycles. The number of amides is 1. The molecular weight excluding hydrogens is 201 g/mol. The molecule has 0 fully saturated rings. The first kappa shape index (κ1) is 11.3. The van der Waals surface area contributed by atoms with E-state index in [1.54, 1.807) is 0 Å². The van der Waals surface area contributed by atoms with E-state index in [-0.39, 0.29) is 12.2 Å². The zero-order valence-electron chi connectivity index (χ0n) is 7.90. The number of rotatable bonds is 4. The molecule has 6 heteroatoms. The SMILES string of the molecule is NC(=O)C(O)CNc1ccc(F)cc1N. The van der Waals surface area contributed by atoms with E-state index in [2.05, 4.69) is 5.32 Å². The lowest BCUT2D eigenvalue weighted by molar-refractivity contribution is -0.125. The van der Waals surface area contributed by atoms with Gasteiger partial charge in [0.25, 0.3) is 0 Å². The molecule has 0 saturated heterocycles. The molecule has 1 aromatic rings. The molecule has 1 amide bonds. The number of aliphatic hydroxyl groups excluding tert-OH is 1. The number of hydrogen-bond donors (Lipinski definition) is 4. The van der Waals surface area contributed by atoms with Crippen molar-refractivity contribution >= 4 is 17.3 Å². The highest BCUT2D eigenvalue weighted by Crippen LogP contribution is 2.18. The van der Waals surface area contributed by atoms with Gasteiger partial charge in [0.1, 0.15) is 11.9 Å². The summed E-state index contributed by atoms with van der Waals surface area (Å²) in [6.45, 7) is -0.0643. The van der Waals surface area contributed by atoms with Gasteiger partial charge in [-0.25, -0.2) is 4.39 Å². The lowest BCUT2D eigenvalue weighted by Gasteiger charge is -2.11. The molecule has 6 N–H and O–H groups in total. The van der Waals surface area contributed by atoms with Gasteiger partial charge < -0.3 is 21.9 Å². The first-order chi connectivity index (χ1) is 7.00. The Morgan fingerprint density at radius 3 is 2.80 bits per heavy atom. The fraction of sp³-hybridized carbons (Fsp3) is 0.222. The van der Waals surface area contributed by atoms with Crippen molar-refractivity contribution in [3.8, 4) is 0 Å². The number of benzene rings is 1. The van der Waals surface area contributed by atoms with Crippen LogP contribution in [0.3, 0.4) is 0 Å². The number of aliphatic hydroxyl groups is 1. The van der Waals surface area contributed by atoms with Gasteiger partial charge in [0, 0.05) is 6.54 Å². The van der Waals surface area contributed by atoms with Crippen molar-refractivity contribution in [3.05, 3.63) is 24.0 Å². The number of hydrogen-bond acceptors (Lipinski definition) is 4. The molecule has 0 aliphatic heterocycles. The number of nitrogens with one attached hydrogen (secondary N) is 1. The molecule has 1 rings (SSSR count). The molecule has 1 aromatic carbocycles. The summed E-state index contributed by atoms with van der Waals surface area (Å²) in [4.78, 5) is 10.5. The van der Waals surface area contributed by atoms with Crippen molar-refractivity contribution in [2.45, 2.75) is 6.10 Å². The topological polar surface area (TPSA) is 101 Å². The van der Waals surface area contributed by atoms with Crippen LogP contribution in [0.1, 0.15) is 0 Å². The Balaban J connectivity index is 2.62. The molecule has 82 valence electrons. The summed E-state index contributed by atoms with van der Waals surface area (Å²) < 4.78 is 12.6. The highest BCUT2D eigenvalue weighted by atomic mass is 19.1. The molecular formula is C9H12FN3O2. The summed E-state index contributed by atoms with van der Waals surface area (Å²) in [7, 11) is 0. The van der Waals surface area contributed by atoms with Crippen LogP contribution < -0.4 is 16.8 Å². The van der Waals surface area contributed by atoms with Gasteiger partial charge in [-0.1, -0.05) is 0 Å². The summed E-state index contributed by atoms with van der Waals surface area (Å²) >= 11 is 0. The summed E-state index contributed by atoms with van der Waals surface area (Å²) in [5.74, 6) is -1.28. The average molecular weight is 213 g/mol. The van der Waals surface area contributed by atoms with Crippen LogP contribution in [0.15, 0.2) is 18.2 Å². The van der Waals surface area contributed by atoms with Crippen LogP contribution in [0, 0.1) is 5.82 Å². The number of anilines is 2. The van der Waals surface area contributed by atoms with Crippen LogP contribution in [0.5, 0.6) is 0 Å². The van der Waals surface area contributed by atoms with Crippen molar-refractivity contribution in [1.29, 1.82) is 0 Å². The van der Waals surface area contributed by atoms with Crippen molar-refractivity contribution < 1.29 is 14.3 Å². The molecule has 0 saturated carbocycles. The second-order valence-electron chi connectivity index (χ2n) is 3.03. The second-order valence-corrected chi connectivity index (χ2v) is 3.03. The minimum atomic E-state index is -1.30. The average Bonchev–Trinajstić information content (AvgIpc) is 2.15. The van der Waals surface area contributed by atoms with Crippen molar-refractivity contribution in [2.75, 3.05) is 17.6 Å². The van der Waals surface area contributed by atoms with E-state index in [0.29, 0.717) is 5.69 Å². The number of nitrogen functional groups attached to an aromatic ring is 1. The maximum Gasteiger partial charge on any atom is 0.248 e. The lowest BCUT2D eigenvalue weighted by Crippen LogP contribution is -2.34. The minimum absolute atomic E-state index is 0.0643. The fourth-order valence-corrected chi connectivity index (χ4v) is 1.00. The number of halogens is 1. The van der Waals surface area contributed by atoms with Crippen LogP contribution in [-0.2, 0) is 4.79 Å². The van der Waals surface area contributed by atoms with Gasteiger partial charge in [0.05, 0.1) is 11.4 Å². The third-order valence-corrected chi connectivity index (χ3v) is 1.83. The summed E-state index contributed by atoms with van der Waals surface area (Å²) in [6, 6.07) is 3.77. The van der Waals surface area contributed by atoms with Gasteiger partial charge in [-0.05, 0) is 18.2 Å². The molecule has 5 nitrogen and oxygen atoms in total. The molecule has 0 radical (unpaired) electrons. The van der Waals surface area contributed by atoms with Crippen LogP contribution >= 0.6 is 0 Å². The molecule has 0 bridgehead atoms. The Hall–Kier alpha value is -1.82. The van der Waals surface area contributed by atoms with Crippen molar-refractivity contribution in [3.63, 3.8) is 0 Å². The minimum Gasteiger partial charge on any atom is -0.397 e. The summed E-state index contributed by atoms with van der Waals surface area (Å²) in [6.07, 6.45) is -1.30. The van der Waals surface area contributed by atoms with Crippen LogP contribution in [-0.4, -0.2) is 23.7 Å². The smallest absolute Gasteiger partial charge is 0.248 e. The number of primary amides is 1. The van der Waals surface area contributed by atoms with Crippen LogP contribution in [0.25, 0.3) is 0 Å². The van der Waals surface area contributed by atoms with Gasteiger partial charge in [0.2, 0.25) is 5.91 Å². The highest BCUT2D eigenvalue weighted by molar-refractivity contribution is 5.79. The Labute approximate surface area is 85.9 Å². The first-order valence-corrected chi connectivity index (χ1v) is 4.27. The van der Waals surface area contributed by atoms with E-state index in [1.165, 1.54) is 12.1 Å². The predicted octanol–water partition coefficient (Wildman–Crippen LogP) is -0.334. The van der Waals surface area contributed by atoms with E-state index in [9.17, 15) is 9.18 Å². The first-order valence-electron chi connectivity index (χ1n) is 4.27. The van der Waals surface area contributed by atoms with Gasteiger partial charge in [-0.15, -0.1) is 0 Å². The van der Waals surface area contributed by atoms with E-state index < -0.39 is 17.8 Å². The Morgan fingerprint density at radius 1 is 1.60 bits per heavy atom. The monoisotopic (exact) mass is 213 g/mol. The Bertz CT molecular complexity index is 370. The van der Waals surface area contributed by atoms with Crippen molar-refractivity contribution in [1.82, 2.24) is 0 Å². The number of carbonyl (C=O) groups is 1. The van der Waals surface area contributed by atoms with Gasteiger partial charge >= 0.3 is 0 Å². The third kappa shape index (κ3) is 3.10. The van der Waals surface area contributed by atoms with Gasteiger partial charge in [-0.2, -0.15) is 0 Å². The van der Waals surface area contributed by atoms with E-state index in [4.69, 9.17) is 16.6 Å². The highest BCUT2D eigenvalue weighted by Gasteiger charge is 2.10. The third-order valence-electron chi connectivity index (χ3n) is 1.83. The zero-order valence-corrected chi connectivity index (χ0v) is 7.90. The Kier molecular flexibility index (Phi) is 3.46. The summed E-state index contributed by atoms with van der Waals surface area (Å²) in [5.41, 5.74) is 11.0. The van der Waals surface area contributed by atoms with E-state index >= 15 is 0 Å². The molecule has 0 aliphatic carbocycles. The Morgan fingerprint density at radius 2 is 2.27 bits per heavy atom. The number of nitrogens with two attached hydrogens (primary N) is 2. The van der Waals surface area contributed by atoms with Crippen molar-refractivity contribution in [2.24, 2.45) is 5.73 Å². The molecule has 1 atom stereocenters. The normalized spacial score (nSPS) is 12.1. The lowest BCUT2D eigenvalue weighted by atomic mass is 10.2. The standard InChI is InChI=1S/C9H12FN3O2/c10-5-1-2-7(6(11)3-5)13-4-8(14)9(12)15/h1-3,8,13-14H,4,11H2,(H2,12,15). The molecule has 0 aliphatic rings. The van der Waals surface area contributed by atoms with Gasteiger partial charge in [0.15, 0.2) is 0 Å². The largest absolute Gasteiger partial charge is 0.397 e.